The quantitative estimate of drug-likeness (QED) is 0.233. The molecule has 166 valence electrons. The van der Waals surface area contributed by atoms with Crippen LogP contribution in [0.15, 0.2) is 76.7 Å². The van der Waals surface area contributed by atoms with Gasteiger partial charge in [-0.3, -0.25) is 4.79 Å². The summed E-state index contributed by atoms with van der Waals surface area (Å²) in [4.78, 5) is 12.9. The Hall–Kier alpha value is -3.03. The normalized spacial score (nSPS) is 10.8. The molecule has 0 aliphatic heterocycles. The number of amides is 1. The maximum atomic E-state index is 13.0. The number of hydrogen-bond acceptors (Lipinski definition) is 5. The van der Waals surface area contributed by atoms with Crippen molar-refractivity contribution in [2.75, 3.05) is 12.4 Å². The van der Waals surface area contributed by atoms with Crippen molar-refractivity contribution in [2.24, 2.45) is 5.10 Å². The van der Waals surface area contributed by atoms with Crippen molar-refractivity contribution in [2.45, 2.75) is 18.4 Å². The van der Waals surface area contributed by atoms with E-state index in [4.69, 9.17) is 21.1 Å². The Morgan fingerprint density at radius 3 is 2.53 bits per heavy atom. The van der Waals surface area contributed by atoms with Crippen LogP contribution in [-0.4, -0.2) is 24.5 Å². The first kappa shape index (κ1) is 23.6. The van der Waals surface area contributed by atoms with Crippen LogP contribution in [0, 0.1) is 5.82 Å². The van der Waals surface area contributed by atoms with Gasteiger partial charge in [0.05, 0.1) is 18.6 Å². The van der Waals surface area contributed by atoms with Crippen LogP contribution in [0.2, 0.25) is 5.02 Å². The highest BCUT2D eigenvalue weighted by Gasteiger charge is 2.07. The van der Waals surface area contributed by atoms with Gasteiger partial charge in [-0.15, -0.1) is 11.8 Å². The molecule has 1 N–H and O–H groups in total. The summed E-state index contributed by atoms with van der Waals surface area (Å²) >= 11 is 7.25. The number of thioether (sulfide) groups is 1. The molecular weight excluding hydrogens is 451 g/mol. The molecule has 0 aliphatic carbocycles. The van der Waals surface area contributed by atoms with Crippen LogP contribution in [0.25, 0.3) is 0 Å². The lowest BCUT2D eigenvalue weighted by atomic mass is 10.2. The van der Waals surface area contributed by atoms with Crippen LogP contribution in [0.1, 0.15) is 18.1 Å². The molecule has 0 spiro atoms. The Labute approximate surface area is 195 Å². The highest BCUT2D eigenvalue weighted by atomic mass is 35.5. The summed E-state index contributed by atoms with van der Waals surface area (Å²) in [6.45, 7) is 2.63. The van der Waals surface area contributed by atoms with Crippen molar-refractivity contribution in [3.63, 3.8) is 0 Å². The standard InChI is InChI=1S/C24H22ClFN2O3S/c1-2-30-23-13-18(5-12-22(23)31-15-17-3-8-20(26)9-4-17)14-27-28-24(29)16-32-21-10-6-19(25)7-11-21/h3-14H,2,15-16H2,1H3,(H,28,29)/b27-14-. The molecular formula is C24H22ClFN2O3S. The molecule has 0 aromatic heterocycles. The van der Waals surface area contributed by atoms with Gasteiger partial charge in [0.1, 0.15) is 12.4 Å². The average molecular weight is 473 g/mol. The SMILES string of the molecule is CCOc1cc(/C=N\NC(=O)CSc2ccc(Cl)cc2)ccc1OCc1ccc(F)cc1. The molecule has 3 rings (SSSR count). The lowest BCUT2D eigenvalue weighted by Crippen LogP contribution is -2.19. The number of carbonyl (C=O) groups excluding carboxylic acids is 1. The zero-order chi connectivity index (χ0) is 22.8. The predicted molar refractivity (Wildman–Crippen MR) is 126 cm³/mol. The highest BCUT2D eigenvalue weighted by molar-refractivity contribution is 8.00. The third-order valence-corrected chi connectivity index (χ3v) is 5.43. The molecule has 5 nitrogen and oxygen atoms in total. The zero-order valence-corrected chi connectivity index (χ0v) is 19.0. The summed E-state index contributed by atoms with van der Waals surface area (Å²) in [5, 5.41) is 4.66. The van der Waals surface area contributed by atoms with Crippen LogP contribution in [0.4, 0.5) is 4.39 Å². The number of hydrogen-bond donors (Lipinski definition) is 1. The van der Waals surface area contributed by atoms with E-state index in [0.717, 1.165) is 16.0 Å². The first-order valence-corrected chi connectivity index (χ1v) is 11.2. The van der Waals surface area contributed by atoms with Gasteiger partial charge in [-0.2, -0.15) is 5.10 Å². The number of benzene rings is 3. The molecule has 0 atom stereocenters. The highest BCUT2D eigenvalue weighted by Crippen LogP contribution is 2.29. The van der Waals surface area contributed by atoms with Gasteiger partial charge in [0.25, 0.3) is 0 Å². The minimum Gasteiger partial charge on any atom is -0.490 e. The smallest absolute Gasteiger partial charge is 0.250 e. The average Bonchev–Trinajstić information content (AvgIpc) is 2.79. The van der Waals surface area contributed by atoms with Crippen molar-refractivity contribution in [1.29, 1.82) is 0 Å². The molecule has 3 aromatic carbocycles. The van der Waals surface area contributed by atoms with E-state index in [9.17, 15) is 9.18 Å². The van der Waals surface area contributed by atoms with E-state index in [1.165, 1.54) is 30.1 Å². The Bertz CT molecular complexity index is 1060. The van der Waals surface area contributed by atoms with E-state index in [2.05, 4.69) is 10.5 Å². The van der Waals surface area contributed by atoms with Crippen LogP contribution >= 0.6 is 23.4 Å². The lowest BCUT2D eigenvalue weighted by Gasteiger charge is -2.12. The second-order valence-electron chi connectivity index (χ2n) is 6.59. The Morgan fingerprint density at radius 2 is 1.81 bits per heavy atom. The van der Waals surface area contributed by atoms with Crippen LogP contribution in [0.3, 0.4) is 0 Å². The lowest BCUT2D eigenvalue weighted by molar-refractivity contribution is -0.118. The van der Waals surface area contributed by atoms with Crippen molar-refractivity contribution < 1.29 is 18.7 Å². The summed E-state index contributed by atoms with van der Waals surface area (Å²) in [5.74, 6) is 0.854. The third kappa shape index (κ3) is 7.59. The van der Waals surface area contributed by atoms with E-state index in [-0.39, 0.29) is 24.1 Å². The van der Waals surface area contributed by atoms with E-state index in [1.54, 1.807) is 42.5 Å². The monoisotopic (exact) mass is 472 g/mol. The number of hydrazone groups is 1. The summed E-state index contributed by atoms with van der Waals surface area (Å²) < 4.78 is 24.5. The second-order valence-corrected chi connectivity index (χ2v) is 8.08. The van der Waals surface area contributed by atoms with Gasteiger partial charge in [0, 0.05) is 9.92 Å². The number of carbonyl (C=O) groups is 1. The number of rotatable bonds is 10. The molecule has 0 aliphatic rings. The minimum absolute atomic E-state index is 0.217. The summed E-state index contributed by atoms with van der Waals surface area (Å²) in [7, 11) is 0. The van der Waals surface area contributed by atoms with Crippen molar-refractivity contribution in [1.82, 2.24) is 5.43 Å². The molecule has 1 amide bonds. The fourth-order valence-corrected chi connectivity index (χ4v) is 3.44. The zero-order valence-electron chi connectivity index (χ0n) is 17.4. The summed E-state index contributed by atoms with van der Waals surface area (Å²) in [6, 6.07) is 18.8. The van der Waals surface area contributed by atoms with E-state index in [0.29, 0.717) is 23.1 Å². The number of nitrogens with one attached hydrogen (secondary N) is 1. The van der Waals surface area contributed by atoms with Gasteiger partial charge in [0.2, 0.25) is 5.91 Å². The Kier molecular flexibility index (Phi) is 8.95. The number of halogens is 2. The fourth-order valence-electron chi connectivity index (χ4n) is 2.63. The van der Waals surface area contributed by atoms with Crippen LogP contribution in [0.5, 0.6) is 11.5 Å². The molecule has 32 heavy (non-hydrogen) atoms. The number of ether oxygens (including phenoxy) is 2. The molecule has 8 heteroatoms. The molecule has 0 unspecified atom stereocenters. The van der Waals surface area contributed by atoms with E-state index < -0.39 is 0 Å². The van der Waals surface area contributed by atoms with Gasteiger partial charge >= 0.3 is 0 Å². The molecule has 0 radical (unpaired) electrons. The topological polar surface area (TPSA) is 59.9 Å². The van der Waals surface area contributed by atoms with Gasteiger partial charge in [-0.05, 0) is 72.6 Å². The first-order valence-electron chi connectivity index (χ1n) is 9.88. The largest absolute Gasteiger partial charge is 0.490 e. The van der Waals surface area contributed by atoms with Crippen molar-refractivity contribution >= 4 is 35.5 Å². The van der Waals surface area contributed by atoms with Gasteiger partial charge in [-0.25, -0.2) is 9.82 Å². The maximum Gasteiger partial charge on any atom is 0.250 e. The van der Waals surface area contributed by atoms with E-state index in [1.807, 2.05) is 19.1 Å². The molecule has 0 bridgehead atoms. The van der Waals surface area contributed by atoms with Crippen LogP contribution < -0.4 is 14.9 Å². The minimum atomic E-state index is -0.289. The second kappa shape index (κ2) is 12.1. The Balaban J connectivity index is 1.54. The molecule has 0 saturated heterocycles. The summed E-state index contributed by atoms with van der Waals surface area (Å²) in [6.07, 6.45) is 1.54. The van der Waals surface area contributed by atoms with Crippen molar-refractivity contribution in [3.8, 4) is 11.5 Å². The Morgan fingerprint density at radius 1 is 1.06 bits per heavy atom. The number of nitrogens with zero attached hydrogens (tertiary/aromatic N) is 1. The molecule has 0 fully saturated rings. The fraction of sp³-hybridized carbons (Fsp3) is 0.167. The molecule has 3 aromatic rings. The molecule has 0 saturated carbocycles. The predicted octanol–water partition coefficient (Wildman–Crippen LogP) is 5.70. The third-order valence-electron chi connectivity index (χ3n) is 4.16. The van der Waals surface area contributed by atoms with Gasteiger partial charge in [0.15, 0.2) is 11.5 Å². The van der Waals surface area contributed by atoms with Gasteiger partial charge in [-0.1, -0.05) is 23.7 Å². The molecule has 0 heterocycles. The van der Waals surface area contributed by atoms with Gasteiger partial charge < -0.3 is 9.47 Å². The van der Waals surface area contributed by atoms with Crippen LogP contribution in [-0.2, 0) is 11.4 Å². The maximum absolute atomic E-state index is 13.0. The summed E-state index contributed by atoms with van der Waals surface area (Å²) in [5.41, 5.74) is 4.10. The van der Waals surface area contributed by atoms with E-state index >= 15 is 0 Å². The first-order chi connectivity index (χ1) is 15.5. The van der Waals surface area contributed by atoms with Crippen molar-refractivity contribution in [3.05, 3.63) is 88.7 Å².